The molecular formula is C24H26N4O2S. The molecule has 1 heterocycles. The summed E-state index contributed by atoms with van der Waals surface area (Å²) in [5.41, 5.74) is 4.62. The van der Waals surface area contributed by atoms with Gasteiger partial charge < -0.3 is 10.6 Å². The van der Waals surface area contributed by atoms with Gasteiger partial charge in [-0.2, -0.15) is 0 Å². The van der Waals surface area contributed by atoms with Gasteiger partial charge in [-0.3, -0.25) is 14.2 Å². The third-order valence-electron chi connectivity index (χ3n) is 5.19. The number of fused-ring (bicyclic) bond motifs is 1. The van der Waals surface area contributed by atoms with Crippen molar-refractivity contribution < 1.29 is 9.59 Å². The summed E-state index contributed by atoms with van der Waals surface area (Å²) < 4.78 is 2.20. The Hall–Kier alpha value is -3.06. The van der Waals surface area contributed by atoms with E-state index in [9.17, 15) is 9.59 Å². The summed E-state index contributed by atoms with van der Waals surface area (Å²) in [7, 11) is 0. The van der Waals surface area contributed by atoms with Crippen LogP contribution in [-0.4, -0.2) is 33.7 Å². The van der Waals surface area contributed by atoms with E-state index in [4.69, 9.17) is 4.98 Å². The summed E-state index contributed by atoms with van der Waals surface area (Å²) in [6.45, 7) is 2.43. The molecule has 160 valence electrons. The number of carbonyl (C=O) groups excluding carboxylic acids is 2. The van der Waals surface area contributed by atoms with Gasteiger partial charge in [-0.25, -0.2) is 4.98 Å². The Balaban J connectivity index is 1.47. The number of hydrogen-bond donors (Lipinski definition) is 2. The van der Waals surface area contributed by atoms with Gasteiger partial charge >= 0.3 is 0 Å². The zero-order valence-electron chi connectivity index (χ0n) is 17.6. The molecule has 31 heavy (non-hydrogen) atoms. The van der Waals surface area contributed by atoms with Gasteiger partial charge in [0.05, 0.1) is 11.4 Å². The third kappa shape index (κ3) is 4.99. The molecule has 0 atom stereocenters. The number of para-hydroxylation sites is 1. The standard InChI is InChI=1S/C24H26N4O2S/c1-2-25-23(30)17-9-8-10-18(15-17)26-22(29)16-31-24-27-20-13-6-7-14-21(20)28(24)19-11-4-3-5-12-19/h3-5,8-12,15H,2,6-7,13-14,16H2,1H3,(H,25,30)(H,26,29). The van der Waals surface area contributed by atoms with Crippen molar-refractivity contribution in [3.05, 3.63) is 71.5 Å². The van der Waals surface area contributed by atoms with Gasteiger partial charge in [-0.1, -0.05) is 36.0 Å². The predicted molar refractivity (Wildman–Crippen MR) is 124 cm³/mol. The fraction of sp³-hybridized carbons (Fsp3) is 0.292. The Kier molecular flexibility index (Phi) is 6.72. The molecule has 0 spiro atoms. The van der Waals surface area contributed by atoms with Gasteiger partial charge in [0.15, 0.2) is 5.16 Å². The highest BCUT2D eigenvalue weighted by atomic mass is 32.2. The number of anilines is 1. The summed E-state index contributed by atoms with van der Waals surface area (Å²) in [4.78, 5) is 29.5. The Morgan fingerprint density at radius 1 is 1.06 bits per heavy atom. The summed E-state index contributed by atoms with van der Waals surface area (Å²) in [5.74, 6) is -0.0317. The molecule has 1 aromatic heterocycles. The van der Waals surface area contributed by atoms with E-state index in [0.29, 0.717) is 17.8 Å². The topological polar surface area (TPSA) is 76.0 Å². The highest BCUT2D eigenvalue weighted by molar-refractivity contribution is 7.99. The molecule has 0 unspecified atom stereocenters. The van der Waals surface area contributed by atoms with Crippen LogP contribution in [0.3, 0.4) is 0 Å². The lowest BCUT2D eigenvalue weighted by atomic mass is 10.0. The molecule has 3 aromatic rings. The van der Waals surface area contributed by atoms with Crippen LogP contribution in [0.5, 0.6) is 0 Å². The Bertz CT molecular complexity index is 1080. The fourth-order valence-electron chi connectivity index (χ4n) is 3.78. The number of benzene rings is 2. The molecule has 2 N–H and O–H groups in total. The molecule has 0 aliphatic heterocycles. The lowest BCUT2D eigenvalue weighted by Crippen LogP contribution is -2.23. The van der Waals surface area contributed by atoms with Gasteiger partial charge in [0.2, 0.25) is 5.91 Å². The van der Waals surface area contributed by atoms with E-state index in [1.807, 2.05) is 25.1 Å². The Morgan fingerprint density at radius 2 is 1.87 bits per heavy atom. The van der Waals surface area contributed by atoms with E-state index >= 15 is 0 Å². The molecule has 4 rings (SSSR count). The number of rotatable bonds is 7. The smallest absolute Gasteiger partial charge is 0.251 e. The minimum absolute atomic E-state index is 0.126. The number of imidazole rings is 1. The second-order valence-electron chi connectivity index (χ2n) is 7.44. The van der Waals surface area contributed by atoms with Crippen molar-refractivity contribution in [1.82, 2.24) is 14.9 Å². The van der Waals surface area contributed by atoms with Crippen LogP contribution in [0.25, 0.3) is 5.69 Å². The van der Waals surface area contributed by atoms with Crippen molar-refractivity contribution in [2.75, 3.05) is 17.6 Å². The SMILES string of the molecule is CCNC(=O)c1cccc(NC(=O)CSc2nc3c(n2-c2ccccc2)CCCC3)c1. The molecule has 2 amide bonds. The summed E-state index contributed by atoms with van der Waals surface area (Å²) in [6.07, 6.45) is 4.32. The molecule has 1 aliphatic carbocycles. The fourth-order valence-corrected chi connectivity index (χ4v) is 4.64. The van der Waals surface area contributed by atoms with Gasteiger partial charge in [-0.15, -0.1) is 0 Å². The van der Waals surface area contributed by atoms with E-state index in [0.717, 1.165) is 42.2 Å². The second-order valence-corrected chi connectivity index (χ2v) is 8.39. The first-order valence-corrected chi connectivity index (χ1v) is 11.6. The van der Waals surface area contributed by atoms with E-state index < -0.39 is 0 Å². The van der Waals surface area contributed by atoms with Crippen molar-refractivity contribution in [1.29, 1.82) is 0 Å². The van der Waals surface area contributed by atoms with Crippen LogP contribution in [-0.2, 0) is 17.6 Å². The number of nitrogens with one attached hydrogen (secondary N) is 2. The Labute approximate surface area is 186 Å². The minimum Gasteiger partial charge on any atom is -0.352 e. The minimum atomic E-state index is -0.150. The molecule has 6 nitrogen and oxygen atoms in total. The molecule has 0 radical (unpaired) electrons. The first-order valence-electron chi connectivity index (χ1n) is 10.6. The quantitative estimate of drug-likeness (QED) is 0.546. The van der Waals surface area contributed by atoms with Gasteiger partial charge in [0, 0.05) is 29.2 Å². The van der Waals surface area contributed by atoms with Gasteiger partial charge in [0.25, 0.3) is 5.91 Å². The maximum atomic E-state index is 12.6. The number of thioether (sulfide) groups is 1. The number of nitrogens with zero attached hydrogens (tertiary/aromatic N) is 2. The Morgan fingerprint density at radius 3 is 2.68 bits per heavy atom. The molecule has 0 bridgehead atoms. The van der Waals surface area contributed by atoms with Gasteiger partial charge in [0.1, 0.15) is 0 Å². The average Bonchev–Trinajstić information content (AvgIpc) is 3.17. The summed E-state index contributed by atoms with van der Waals surface area (Å²) >= 11 is 1.44. The lowest BCUT2D eigenvalue weighted by molar-refractivity contribution is -0.113. The van der Waals surface area contributed by atoms with Crippen LogP contribution in [0, 0.1) is 0 Å². The molecule has 0 fully saturated rings. The summed E-state index contributed by atoms with van der Waals surface area (Å²) in [6, 6.07) is 17.2. The van der Waals surface area contributed by atoms with Crippen molar-refractivity contribution in [3.8, 4) is 5.69 Å². The van der Waals surface area contributed by atoms with Crippen LogP contribution in [0.2, 0.25) is 0 Å². The molecule has 0 saturated heterocycles. The highest BCUT2D eigenvalue weighted by Gasteiger charge is 2.22. The monoisotopic (exact) mass is 434 g/mol. The van der Waals surface area contributed by atoms with E-state index in [1.165, 1.54) is 17.5 Å². The number of amides is 2. The van der Waals surface area contributed by atoms with Crippen LogP contribution in [0.1, 0.15) is 41.5 Å². The first kappa shape index (κ1) is 21.2. The maximum absolute atomic E-state index is 12.6. The maximum Gasteiger partial charge on any atom is 0.251 e. The number of hydrogen-bond acceptors (Lipinski definition) is 4. The van der Waals surface area contributed by atoms with Crippen molar-refractivity contribution in [2.45, 2.75) is 37.8 Å². The normalized spacial score (nSPS) is 12.8. The van der Waals surface area contributed by atoms with Gasteiger partial charge in [-0.05, 0) is 62.9 Å². The molecule has 7 heteroatoms. The molecule has 1 aliphatic rings. The highest BCUT2D eigenvalue weighted by Crippen LogP contribution is 2.30. The second kappa shape index (κ2) is 9.83. The van der Waals surface area contributed by atoms with Crippen LogP contribution in [0.4, 0.5) is 5.69 Å². The van der Waals surface area contributed by atoms with Crippen molar-refractivity contribution in [2.24, 2.45) is 0 Å². The molecular weight excluding hydrogens is 408 g/mol. The number of carbonyl (C=O) groups is 2. The lowest BCUT2D eigenvalue weighted by Gasteiger charge is -2.15. The van der Waals surface area contributed by atoms with Crippen LogP contribution in [0.15, 0.2) is 59.8 Å². The van der Waals surface area contributed by atoms with Crippen LogP contribution >= 0.6 is 11.8 Å². The third-order valence-corrected chi connectivity index (χ3v) is 6.13. The predicted octanol–water partition coefficient (Wildman–Crippen LogP) is 4.23. The zero-order chi connectivity index (χ0) is 21.6. The first-order chi connectivity index (χ1) is 15.2. The molecule has 2 aromatic carbocycles. The molecule has 0 saturated carbocycles. The van der Waals surface area contributed by atoms with Crippen molar-refractivity contribution >= 4 is 29.3 Å². The van der Waals surface area contributed by atoms with E-state index in [2.05, 4.69) is 27.3 Å². The van der Waals surface area contributed by atoms with E-state index in [1.54, 1.807) is 24.3 Å². The van der Waals surface area contributed by atoms with Crippen molar-refractivity contribution in [3.63, 3.8) is 0 Å². The number of aryl methyl sites for hydroxylation is 1. The van der Waals surface area contributed by atoms with E-state index in [-0.39, 0.29) is 17.6 Å². The largest absolute Gasteiger partial charge is 0.352 e. The number of aromatic nitrogens is 2. The zero-order valence-corrected chi connectivity index (χ0v) is 18.4. The average molecular weight is 435 g/mol. The summed E-state index contributed by atoms with van der Waals surface area (Å²) in [5, 5.41) is 6.51. The van der Waals surface area contributed by atoms with Crippen LogP contribution < -0.4 is 10.6 Å².